The second-order valence-corrected chi connectivity index (χ2v) is 9.51. The van der Waals surface area contributed by atoms with E-state index in [4.69, 9.17) is 0 Å². The summed E-state index contributed by atoms with van der Waals surface area (Å²) in [6, 6.07) is 8.73. The third kappa shape index (κ3) is 4.38. The van der Waals surface area contributed by atoms with Crippen molar-refractivity contribution >= 4 is 39.8 Å². The molecule has 3 atom stereocenters. The van der Waals surface area contributed by atoms with Crippen molar-refractivity contribution in [3.63, 3.8) is 0 Å². The van der Waals surface area contributed by atoms with E-state index in [1.54, 1.807) is 0 Å². The van der Waals surface area contributed by atoms with Gasteiger partial charge in [0.25, 0.3) is 0 Å². The Hall–Kier alpha value is -1.60. The van der Waals surface area contributed by atoms with E-state index < -0.39 is 0 Å². The van der Waals surface area contributed by atoms with Crippen molar-refractivity contribution in [3.05, 3.63) is 29.8 Å². The predicted molar refractivity (Wildman–Crippen MR) is 109 cm³/mol. The normalized spacial score (nSPS) is 21.5. The minimum Gasteiger partial charge on any atom is -0.336 e. The van der Waals surface area contributed by atoms with Crippen LogP contribution in [0.25, 0.3) is 0 Å². The van der Waals surface area contributed by atoms with E-state index in [9.17, 15) is 4.79 Å². The van der Waals surface area contributed by atoms with Gasteiger partial charge in [-0.05, 0) is 58.6 Å². The van der Waals surface area contributed by atoms with Crippen molar-refractivity contribution in [2.24, 2.45) is 0 Å². The summed E-state index contributed by atoms with van der Waals surface area (Å²) in [4.78, 5) is 15.0. The highest BCUT2D eigenvalue weighted by atomic mass is 32.2. The van der Waals surface area contributed by atoms with Crippen LogP contribution in [0.5, 0.6) is 0 Å². The average Bonchev–Trinajstić information content (AvgIpc) is 3.03. The fraction of sp³-hybridized carbons (Fsp3) is 0.526. The summed E-state index contributed by atoms with van der Waals surface area (Å²) in [6.07, 6.45) is 3.39. The number of anilines is 2. The molecule has 7 heteroatoms. The Kier molecular flexibility index (Phi) is 6.19. The third-order valence-corrected chi connectivity index (χ3v) is 6.88. The minimum absolute atomic E-state index is 0.155. The van der Waals surface area contributed by atoms with Gasteiger partial charge in [0.1, 0.15) is 0 Å². The van der Waals surface area contributed by atoms with Gasteiger partial charge in [-0.3, -0.25) is 4.79 Å². The average molecular weight is 391 g/mol. The molecule has 1 aromatic heterocycles. The van der Waals surface area contributed by atoms with Crippen LogP contribution < -0.4 is 5.32 Å². The van der Waals surface area contributed by atoms with Gasteiger partial charge in [0.15, 0.2) is 4.34 Å². The summed E-state index contributed by atoms with van der Waals surface area (Å²) in [5.74, 6) is 0.207. The van der Waals surface area contributed by atoms with Gasteiger partial charge >= 0.3 is 0 Å². The van der Waals surface area contributed by atoms with E-state index in [1.165, 1.54) is 29.5 Å². The summed E-state index contributed by atoms with van der Waals surface area (Å²) in [5, 5.41) is 12.4. The predicted octanol–water partition coefficient (Wildman–Crippen LogP) is 4.86. The second kappa shape index (κ2) is 8.39. The van der Waals surface area contributed by atoms with E-state index in [-0.39, 0.29) is 11.2 Å². The number of thioether (sulfide) groups is 1. The standard InChI is InChI=1S/C19H26N4OS2/c1-12-8-5-6-11-16(12)20-18-21-22-19(26-18)25-15(4)17(24)23-13(2)9-7-10-14(23)3/h5-6,8,11,13-15H,7,9-10H2,1-4H3,(H,20,21)/t13-,14-,15-/m0/s1. The number of hydrogen-bond donors (Lipinski definition) is 1. The number of nitrogens with one attached hydrogen (secondary N) is 1. The number of aromatic nitrogens is 2. The van der Waals surface area contributed by atoms with Gasteiger partial charge in [-0.15, -0.1) is 10.2 Å². The minimum atomic E-state index is -0.155. The number of benzene rings is 1. The molecule has 1 amide bonds. The number of rotatable bonds is 5. The van der Waals surface area contributed by atoms with E-state index in [2.05, 4.69) is 47.3 Å². The third-order valence-electron chi connectivity index (χ3n) is 4.87. The molecule has 0 radical (unpaired) electrons. The molecular weight excluding hydrogens is 364 g/mol. The molecule has 3 rings (SSSR count). The molecule has 1 aliphatic heterocycles. The van der Waals surface area contributed by atoms with Crippen molar-refractivity contribution in [1.82, 2.24) is 15.1 Å². The van der Waals surface area contributed by atoms with Gasteiger partial charge in [-0.25, -0.2) is 0 Å². The summed E-state index contributed by atoms with van der Waals surface area (Å²) in [7, 11) is 0. The van der Waals surface area contributed by atoms with Crippen LogP contribution in [-0.4, -0.2) is 38.3 Å². The maximum absolute atomic E-state index is 12.9. The lowest BCUT2D eigenvalue weighted by Crippen LogP contribution is -2.50. The summed E-state index contributed by atoms with van der Waals surface area (Å²) in [6.45, 7) is 8.33. The molecule has 0 aliphatic carbocycles. The van der Waals surface area contributed by atoms with Gasteiger partial charge in [-0.2, -0.15) is 0 Å². The largest absolute Gasteiger partial charge is 0.336 e. The number of piperidine rings is 1. The molecule has 26 heavy (non-hydrogen) atoms. The Bertz CT molecular complexity index is 754. The molecular formula is C19H26N4OS2. The maximum Gasteiger partial charge on any atom is 0.236 e. The Balaban J connectivity index is 1.63. The van der Waals surface area contributed by atoms with Crippen LogP contribution in [0.3, 0.4) is 0 Å². The lowest BCUT2D eigenvalue weighted by atomic mass is 9.97. The molecule has 1 fully saturated rings. The maximum atomic E-state index is 12.9. The zero-order chi connectivity index (χ0) is 18.7. The SMILES string of the molecule is Cc1ccccc1Nc1nnc(S[C@@H](C)C(=O)N2[C@@H](C)CCC[C@@H]2C)s1. The van der Waals surface area contributed by atoms with Crippen molar-refractivity contribution in [2.45, 2.75) is 68.6 Å². The van der Waals surface area contributed by atoms with Crippen LogP contribution in [0.2, 0.25) is 0 Å². The fourth-order valence-corrected chi connectivity index (χ4v) is 5.37. The van der Waals surface area contributed by atoms with Crippen LogP contribution in [-0.2, 0) is 4.79 Å². The number of carbonyl (C=O) groups excluding carboxylic acids is 1. The topological polar surface area (TPSA) is 58.1 Å². The molecule has 1 N–H and O–H groups in total. The number of amides is 1. The fourth-order valence-electron chi connectivity index (χ4n) is 3.40. The number of nitrogens with zero attached hydrogens (tertiary/aromatic N) is 3. The number of hydrogen-bond acceptors (Lipinski definition) is 6. The Morgan fingerprint density at radius 3 is 2.65 bits per heavy atom. The molecule has 140 valence electrons. The highest BCUT2D eigenvalue weighted by Gasteiger charge is 2.32. The smallest absolute Gasteiger partial charge is 0.236 e. The quantitative estimate of drug-likeness (QED) is 0.739. The van der Waals surface area contributed by atoms with Crippen LogP contribution >= 0.6 is 23.1 Å². The zero-order valence-corrected chi connectivity index (χ0v) is 17.4. The highest BCUT2D eigenvalue weighted by molar-refractivity contribution is 8.02. The number of para-hydroxylation sites is 1. The summed E-state index contributed by atoms with van der Waals surface area (Å²) >= 11 is 2.99. The molecule has 2 aromatic rings. The Morgan fingerprint density at radius 1 is 1.27 bits per heavy atom. The van der Waals surface area contributed by atoms with Gasteiger partial charge < -0.3 is 10.2 Å². The molecule has 0 saturated carbocycles. The molecule has 0 spiro atoms. The second-order valence-electron chi connectivity index (χ2n) is 6.95. The molecule has 2 heterocycles. The van der Waals surface area contributed by atoms with Gasteiger partial charge in [0, 0.05) is 17.8 Å². The first kappa shape index (κ1) is 19.2. The lowest BCUT2D eigenvalue weighted by molar-refractivity contribution is -0.136. The zero-order valence-electron chi connectivity index (χ0n) is 15.7. The van der Waals surface area contributed by atoms with Crippen molar-refractivity contribution in [3.8, 4) is 0 Å². The van der Waals surface area contributed by atoms with Crippen molar-refractivity contribution < 1.29 is 4.79 Å². The van der Waals surface area contributed by atoms with Crippen LogP contribution in [0, 0.1) is 6.92 Å². The number of likely N-dealkylation sites (tertiary alicyclic amines) is 1. The van der Waals surface area contributed by atoms with Crippen LogP contribution in [0.4, 0.5) is 10.8 Å². The van der Waals surface area contributed by atoms with E-state index >= 15 is 0 Å². The van der Waals surface area contributed by atoms with Crippen molar-refractivity contribution in [2.75, 3.05) is 5.32 Å². The molecule has 1 aliphatic rings. The molecule has 0 unspecified atom stereocenters. The Morgan fingerprint density at radius 2 is 1.96 bits per heavy atom. The molecule has 1 saturated heterocycles. The highest BCUT2D eigenvalue weighted by Crippen LogP contribution is 2.33. The number of aryl methyl sites for hydroxylation is 1. The van der Waals surface area contributed by atoms with Crippen molar-refractivity contribution in [1.29, 1.82) is 0 Å². The van der Waals surface area contributed by atoms with Crippen LogP contribution in [0.15, 0.2) is 28.6 Å². The van der Waals surface area contributed by atoms with Gasteiger partial charge in [0.05, 0.1) is 5.25 Å². The van der Waals surface area contributed by atoms with Gasteiger partial charge in [-0.1, -0.05) is 41.3 Å². The summed E-state index contributed by atoms with van der Waals surface area (Å²) < 4.78 is 0.819. The first-order valence-electron chi connectivity index (χ1n) is 9.10. The number of carbonyl (C=O) groups is 1. The van der Waals surface area contributed by atoms with Gasteiger partial charge in [0.2, 0.25) is 11.0 Å². The van der Waals surface area contributed by atoms with E-state index in [0.717, 1.165) is 33.6 Å². The van der Waals surface area contributed by atoms with E-state index in [1.807, 2.05) is 25.1 Å². The first-order chi connectivity index (χ1) is 12.5. The molecule has 0 bridgehead atoms. The lowest BCUT2D eigenvalue weighted by Gasteiger charge is -2.40. The molecule has 5 nitrogen and oxygen atoms in total. The monoisotopic (exact) mass is 390 g/mol. The van der Waals surface area contributed by atoms with Crippen LogP contribution in [0.1, 0.15) is 45.6 Å². The van der Waals surface area contributed by atoms with E-state index in [0.29, 0.717) is 12.1 Å². The summed E-state index contributed by atoms with van der Waals surface area (Å²) in [5.41, 5.74) is 2.19. The first-order valence-corrected chi connectivity index (χ1v) is 10.8. The molecule has 1 aromatic carbocycles. The Labute approximate surface area is 163 Å².